The zero-order valence-electron chi connectivity index (χ0n) is 15.7. The van der Waals surface area contributed by atoms with E-state index >= 15 is 0 Å². The average molecular weight is 417 g/mol. The number of fused-ring (bicyclic) bond motifs is 1. The number of nitrogens with zero attached hydrogens (tertiary/aromatic N) is 2. The number of likely N-dealkylation sites (tertiary alicyclic amines) is 1. The fourth-order valence-corrected chi connectivity index (χ4v) is 4.02. The number of anilines is 1. The molecule has 0 saturated carbocycles. The largest absolute Gasteiger partial charge is 0.440 e. The van der Waals surface area contributed by atoms with Crippen LogP contribution in [0.1, 0.15) is 24.7 Å². The summed E-state index contributed by atoms with van der Waals surface area (Å²) in [6.45, 7) is 1.88. The van der Waals surface area contributed by atoms with Crippen molar-refractivity contribution < 1.29 is 18.0 Å². The molecule has 1 aliphatic heterocycles. The summed E-state index contributed by atoms with van der Waals surface area (Å²) in [4.78, 5) is 19.5. The van der Waals surface area contributed by atoms with E-state index in [1.165, 1.54) is 0 Å². The maximum absolute atomic E-state index is 12.4. The number of carbonyl (C=O) groups excluding carboxylic acids is 1. The van der Waals surface area contributed by atoms with Crippen LogP contribution in [0.15, 0.2) is 57.8 Å². The van der Waals surface area contributed by atoms with Crippen LogP contribution in [0.2, 0.25) is 0 Å². The van der Waals surface area contributed by atoms with Crippen molar-refractivity contribution in [3.05, 3.63) is 54.4 Å². The third kappa shape index (κ3) is 5.13. The Bertz CT molecular complexity index is 936. The van der Waals surface area contributed by atoms with Gasteiger partial charge in [-0.3, -0.25) is 9.69 Å². The Morgan fingerprint density at radius 2 is 1.90 bits per heavy atom. The lowest BCUT2D eigenvalue weighted by atomic mass is 9.97. The monoisotopic (exact) mass is 417 g/mol. The van der Waals surface area contributed by atoms with Crippen molar-refractivity contribution in [1.82, 2.24) is 9.88 Å². The molecule has 0 aliphatic carbocycles. The Balaban J connectivity index is 1.26. The maximum atomic E-state index is 12.4. The number of halogens is 2. The molecule has 29 heavy (non-hydrogen) atoms. The summed E-state index contributed by atoms with van der Waals surface area (Å²) in [5.74, 6) is -1.52. The fraction of sp³-hybridized carbons (Fsp3) is 0.333. The number of oxazole rings is 1. The predicted molar refractivity (Wildman–Crippen MR) is 109 cm³/mol. The van der Waals surface area contributed by atoms with Gasteiger partial charge in [-0.05, 0) is 62.3 Å². The van der Waals surface area contributed by atoms with Crippen LogP contribution in [0, 0.1) is 0 Å². The highest BCUT2D eigenvalue weighted by Gasteiger charge is 2.25. The van der Waals surface area contributed by atoms with Crippen LogP contribution in [0.5, 0.6) is 0 Å². The van der Waals surface area contributed by atoms with Gasteiger partial charge in [-0.2, -0.15) is 8.78 Å². The second-order valence-corrected chi connectivity index (χ2v) is 8.08. The van der Waals surface area contributed by atoms with Crippen LogP contribution in [0.3, 0.4) is 0 Å². The van der Waals surface area contributed by atoms with Crippen molar-refractivity contribution in [3.8, 4) is 0 Å². The van der Waals surface area contributed by atoms with Gasteiger partial charge in [-0.25, -0.2) is 4.98 Å². The molecule has 152 valence electrons. The van der Waals surface area contributed by atoms with Gasteiger partial charge in [0.25, 0.3) is 5.76 Å². The molecule has 2 heterocycles. The molecule has 2 aromatic carbocycles. The number of hydrogen-bond acceptors (Lipinski definition) is 5. The van der Waals surface area contributed by atoms with Gasteiger partial charge in [0.05, 0.1) is 6.54 Å². The topological polar surface area (TPSA) is 58.4 Å². The highest BCUT2D eigenvalue weighted by molar-refractivity contribution is 7.99. The van der Waals surface area contributed by atoms with Crippen LogP contribution < -0.4 is 5.32 Å². The molecule has 5 nitrogen and oxygen atoms in total. The van der Waals surface area contributed by atoms with E-state index < -0.39 is 5.76 Å². The third-order valence-electron chi connectivity index (χ3n) is 4.98. The summed E-state index contributed by atoms with van der Waals surface area (Å²) >= 11 is 0.487. The Kier molecular flexibility index (Phi) is 6.10. The Morgan fingerprint density at radius 3 is 2.59 bits per heavy atom. The van der Waals surface area contributed by atoms with Crippen LogP contribution in [0.4, 0.5) is 14.5 Å². The number of carbonyl (C=O) groups is 1. The molecule has 3 aromatic rings. The van der Waals surface area contributed by atoms with Crippen molar-refractivity contribution in [2.75, 3.05) is 25.0 Å². The van der Waals surface area contributed by atoms with Gasteiger partial charge in [-0.15, -0.1) is 0 Å². The summed E-state index contributed by atoms with van der Waals surface area (Å²) < 4.78 is 30.6. The average Bonchev–Trinajstić information content (AvgIpc) is 3.14. The molecule has 1 N–H and O–H groups in total. The highest BCUT2D eigenvalue weighted by atomic mass is 32.2. The summed E-state index contributed by atoms with van der Waals surface area (Å²) in [5.41, 5.74) is 2.29. The molecule has 4 rings (SSSR count). The number of benzene rings is 2. The second-order valence-electron chi connectivity index (χ2n) is 7.02. The number of thioether (sulfide) groups is 1. The van der Waals surface area contributed by atoms with Crippen molar-refractivity contribution in [2.45, 2.75) is 29.4 Å². The summed E-state index contributed by atoms with van der Waals surface area (Å²) in [6, 6.07) is 14.2. The normalized spacial score (nSPS) is 15.8. The van der Waals surface area contributed by atoms with Gasteiger partial charge in [-0.1, -0.05) is 23.9 Å². The number of rotatable bonds is 6. The number of amides is 1. The van der Waals surface area contributed by atoms with E-state index in [-0.39, 0.29) is 11.8 Å². The second kappa shape index (κ2) is 8.92. The zero-order valence-corrected chi connectivity index (χ0v) is 16.5. The van der Waals surface area contributed by atoms with E-state index in [0.717, 1.165) is 42.9 Å². The number of piperidine rings is 1. The van der Waals surface area contributed by atoms with E-state index in [2.05, 4.69) is 15.2 Å². The Labute approximate surface area is 171 Å². The molecule has 1 amide bonds. The van der Waals surface area contributed by atoms with E-state index in [0.29, 0.717) is 28.9 Å². The van der Waals surface area contributed by atoms with Gasteiger partial charge in [0.1, 0.15) is 5.52 Å². The molecule has 1 aliphatic rings. The van der Waals surface area contributed by atoms with Crippen LogP contribution in [0.25, 0.3) is 11.1 Å². The van der Waals surface area contributed by atoms with E-state index in [4.69, 9.17) is 4.42 Å². The first kappa shape index (κ1) is 19.8. The van der Waals surface area contributed by atoms with Crippen molar-refractivity contribution >= 4 is 34.5 Å². The lowest BCUT2D eigenvalue weighted by Crippen LogP contribution is -2.38. The minimum absolute atomic E-state index is 0.112. The minimum atomic E-state index is -2.45. The standard InChI is InChI=1S/C21H21F2N3O2S/c22-21(23)29-16-7-5-15(6-8-16)24-19(27)13-26-11-9-14(10-12-26)20-25-17-3-1-2-4-18(17)28-20/h1-8,14,21H,9-13H2,(H,24,27). The summed E-state index contributed by atoms with van der Waals surface area (Å²) in [7, 11) is 0. The summed E-state index contributed by atoms with van der Waals surface area (Å²) in [6.07, 6.45) is 1.78. The minimum Gasteiger partial charge on any atom is -0.440 e. The first-order valence-electron chi connectivity index (χ1n) is 9.49. The molecule has 0 radical (unpaired) electrons. The van der Waals surface area contributed by atoms with Gasteiger partial charge < -0.3 is 9.73 Å². The van der Waals surface area contributed by atoms with Crippen molar-refractivity contribution in [1.29, 1.82) is 0 Å². The molecule has 0 atom stereocenters. The predicted octanol–water partition coefficient (Wildman–Crippen LogP) is 4.96. The number of aromatic nitrogens is 1. The van der Waals surface area contributed by atoms with E-state index in [9.17, 15) is 13.6 Å². The van der Waals surface area contributed by atoms with Gasteiger partial charge >= 0.3 is 0 Å². The Hall–Kier alpha value is -2.45. The van der Waals surface area contributed by atoms with E-state index in [1.54, 1.807) is 24.3 Å². The molecule has 0 unspecified atom stereocenters. The van der Waals surface area contributed by atoms with Gasteiger partial charge in [0.2, 0.25) is 5.91 Å². The maximum Gasteiger partial charge on any atom is 0.288 e. The zero-order chi connectivity index (χ0) is 20.2. The number of nitrogens with one attached hydrogen (secondary N) is 1. The molecule has 0 bridgehead atoms. The fourth-order valence-electron chi connectivity index (χ4n) is 3.53. The van der Waals surface area contributed by atoms with Crippen molar-refractivity contribution in [3.63, 3.8) is 0 Å². The van der Waals surface area contributed by atoms with E-state index in [1.807, 2.05) is 24.3 Å². The lowest BCUT2D eigenvalue weighted by Gasteiger charge is -2.29. The van der Waals surface area contributed by atoms with Gasteiger partial charge in [0.15, 0.2) is 11.5 Å². The third-order valence-corrected chi connectivity index (χ3v) is 5.70. The molecule has 1 aromatic heterocycles. The summed E-state index contributed by atoms with van der Waals surface area (Å²) in [5, 5.41) is 2.82. The molecule has 8 heteroatoms. The number of hydrogen-bond donors (Lipinski definition) is 1. The molecule has 0 spiro atoms. The number of alkyl halides is 2. The van der Waals surface area contributed by atoms with Crippen LogP contribution in [-0.4, -0.2) is 41.2 Å². The number of para-hydroxylation sites is 2. The highest BCUT2D eigenvalue weighted by Crippen LogP contribution is 2.30. The molecular weight excluding hydrogens is 396 g/mol. The smallest absolute Gasteiger partial charge is 0.288 e. The van der Waals surface area contributed by atoms with Crippen LogP contribution >= 0.6 is 11.8 Å². The first-order chi connectivity index (χ1) is 14.1. The van der Waals surface area contributed by atoms with Crippen molar-refractivity contribution in [2.24, 2.45) is 0 Å². The van der Waals surface area contributed by atoms with Crippen LogP contribution in [-0.2, 0) is 4.79 Å². The quantitative estimate of drug-likeness (QED) is 0.575. The van der Waals surface area contributed by atoms with Gasteiger partial charge in [0, 0.05) is 16.5 Å². The SMILES string of the molecule is O=C(CN1CCC(c2nc3ccccc3o2)CC1)Nc1ccc(SC(F)F)cc1. The lowest BCUT2D eigenvalue weighted by molar-refractivity contribution is -0.117. The first-order valence-corrected chi connectivity index (χ1v) is 10.4. The molecule has 1 fully saturated rings. The Morgan fingerprint density at radius 1 is 1.17 bits per heavy atom. The molecule has 1 saturated heterocycles. The molecular formula is C21H21F2N3O2S.